The van der Waals surface area contributed by atoms with Gasteiger partial charge in [0.15, 0.2) is 0 Å². The zero-order valence-corrected chi connectivity index (χ0v) is 11.2. The molecule has 1 aromatic carbocycles. The Morgan fingerprint density at radius 2 is 2.10 bits per heavy atom. The van der Waals surface area contributed by atoms with Gasteiger partial charge in [0, 0.05) is 0 Å². The second kappa shape index (κ2) is 4.84. The molecule has 0 unspecified atom stereocenters. The van der Waals surface area contributed by atoms with Crippen LogP contribution in [0.1, 0.15) is 24.7 Å². The fourth-order valence-corrected chi connectivity index (χ4v) is 2.40. The number of aromatic nitrogens is 4. The van der Waals surface area contributed by atoms with Crippen molar-refractivity contribution in [1.82, 2.24) is 20.2 Å². The highest BCUT2D eigenvalue weighted by atomic mass is 16.5. The van der Waals surface area contributed by atoms with Gasteiger partial charge in [0.25, 0.3) is 0 Å². The van der Waals surface area contributed by atoms with E-state index in [1.54, 1.807) is 0 Å². The molecule has 2 N–H and O–H groups in total. The van der Waals surface area contributed by atoms with Crippen molar-refractivity contribution in [3.8, 4) is 11.4 Å². The van der Waals surface area contributed by atoms with Crippen LogP contribution in [0.3, 0.4) is 0 Å². The van der Waals surface area contributed by atoms with Crippen LogP contribution in [0.5, 0.6) is 5.75 Å². The van der Waals surface area contributed by atoms with E-state index in [0.717, 1.165) is 24.1 Å². The van der Waals surface area contributed by atoms with E-state index in [1.807, 2.05) is 18.2 Å². The highest BCUT2D eigenvalue weighted by Gasteiger charge is 2.44. The molecule has 1 aliphatic rings. The van der Waals surface area contributed by atoms with E-state index in [2.05, 4.69) is 22.4 Å². The number of aryl methyl sites for hydroxylation is 1. The zero-order chi connectivity index (χ0) is 14.2. The van der Waals surface area contributed by atoms with Gasteiger partial charge in [0.1, 0.15) is 11.4 Å². The molecule has 0 radical (unpaired) electrons. The monoisotopic (exact) mass is 276 g/mol. The predicted octanol–water partition coefficient (Wildman–Crippen LogP) is 0.187. The molecular formula is C13H16N4O3. The van der Waals surface area contributed by atoms with Crippen molar-refractivity contribution in [3.05, 3.63) is 29.6 Å². The van der Waals surface area contributed by atoms with E-state index in [-0.39, 0.29) is 0 Å². The van der Waals surface area contributed by atoms with Crippen molar-refractivity contribution >= 4 is 0 Å². The van der Waals surface area contributed by atoms with Crippen LogP contribution >= 0.6 is 0 Å². The summed E-state index contributed by atoms with van der Waals surface area (Å²) < 4.78 is 7.29. The molecule has 2 heterocycles. The first-order valence-corrected chi connectivity index (χ1v) is 6.57. The molecule has 106 valence electrons. The van der Waals surface area contributed by atoms with Gasteiger partial charge in [-0.1, -0.05) is 19.4 Å². The third-order valence-corrected chi connectivity index (χ3v) is 3.48. The van der Waals surface area contributed by atoms with Gasteiger partial charge in [-0.25, -0.2) is 0 Å². The normalized spacial score (nSPS) is 15.3. The Labute approximate surface area is 115 Å². The molecule has 0 fully saturated rings. The van der Waals surface area contributed by atoms with E-state index in [4.69, 9.17) is 4.74 Å². The van der Waals surface area contributed by atoms with Gasteiger partial charge in [-0.15, -0.1) is 5.10 Å². The number of nitrogens with zero attached hydrogens (tertiary/aromatic N) is 4. The molecule has 2 aromatic rings. The maximum Gasteiger partial charge on any atom is 0.215 e. The number of rotatable bonds is 4. The average molecular weight is 276 g/mol. The zero-order valence-electron chi connectivity index (χ0n) is 11.2. The Balaban J connectivity index is 2.14. The molecule has 0 spiro atoms. The molecule has 0 amide bonds. The summed E-state index contributed by atoms with van der Waals surface area (Å²) in [7, 11) is 0. The quantitative estimate of drug-likeness (QED) is 0.828. The van der Waals surface area contributed by atoms with Crippen LogP contribution in [0.15, 0.2) is 18.2 Å². The number of fused-ring (bicyclic) bond motifs is 3. The average Bonchev–Trinajstić information content (AvgIpc) is 2.97. The molecule has 1 aromatic heterocycles. The molecule has 0 bridgehead atoms. The van der Waals surface area contributed by atoms with E-state index >= 15 is 0 Å². The minimum Gasteiger partial charge on any atom is -0.472 e. The van der Waals surface area contributed by atoms with Gasteiger partial charge >= 0.3 is 0 Å². The van der Waals surface area contributed by atoms with Crippen molar-refractivity contribution in [3.63, 3.8) is 0 Å². The summed E-state index contributed by atoms with van der Waals surface area (Å²) >= 11 is 0. The van der Waals surface area contributed by atoms with Crippen molar-refractivity contribution in [1.29, 1.82) is 0 Å². The minimum atomic E-state index is -1.30. The van der Waals surface area contributed by atoms with Crippen LogP contribution in [-0.4, -0.2) is 43.6 Å². The molecule has 0 atom stereocenters. The highest BCUT2D eigenvalue weighted by Crippen LogP contribution is 2.37. The van der Waals surface area contributed by atoms with E-state index in [0.29, 0.717) is 11.6 Å². The third kappa shape index (κ3) is 1.78. The Hall–Kier alpha value is -1.99. The molecule has 1 aliphatic heterocycles. The Morgan fingerprint density at radius 1 is 1.30 bits per heavy atom. The Kier molecular flexibility index (Phi) is 3.15. The first-order chi connectivity index (χ1) is 9.74. The molecule has 0 saturated heterocycles. The summed E-state index contributed by atoms with van der Waals surface area (Å²) in [4.78, 5) is 0. The van der Waals surface area contributed by atoms with Crippen LogP contribution in [0.2, 0.25) is 0 Å². The van der Waals surface area contributed by atoms with Gasteiger partial charge in [-0.2, -0.15) is 4.68 Å². The van der Waals surface area contributed by atoms with Gasteiger partial charge < -0.3 is 14.9 Å². The number of hydrogen-bond donors (Lipinski definition) is 2. The van der Waals surface area contributed by atoms with Gasteiger partial charge in [-0.3, -0.25) is 0 Å². The molecule has 0 aliphatic carbocycles. The summed E-state index contributed by atoms with van der Waals surface area (Å²) in [5, 5.41) is 30.6. The molecule has 20 heavy (non-hydrogen) atoms. The maximum absolute atomic E-state index is 9.58. The lowest BCUT2D eigenvalue weighted by Crippen LogP contribution is -2.45. The number of ether oxygens (including phenoxy) is 1. The van der Waals surface area contributed by atoms with Gasteiger partial charge in [0.2, 0.25) is 11.4 Å². The van der Waals surface area contributed by atoms with Crippen LogP contribution in [0, 0.1) is 0 Å². The molecule has 3 rings (SSSR count). The van der Waals surface area contributed by atoms with Crippen LogP contribution in [0.4, 0.5) is 0 Å². The largest absolute Gasteiger partial charge is 0.472 e. The second-order valence-corrected chi connectivity index (χ2v) is 4.88. The number of aliphatic hydroxyl groups is 2. The van der Waals surface area contributed by atoms with Crippen molar-refractivity contribution in [2.75, 3.05) is 13.2 Å². The fraction of sp³-hybridized carbons (Fsp3) is 0.462. The second-order valence-electron chi connectivity index (χ2n) is 4.88. The van der Waals surface area contributed by atoms with E-state index < -0.39 is 18.8 Å². The summed E-state index contributed by atoms with van der Waals surface area (Å²) in [6.45, 7) is 1.31. The van der Waals surface area contributed by atoms with Gasteiger partial charge in [-0.05, 0) is 34.5 Å². The lowest BCUT2D eigenvalue weighted by atomic mass is 10.0. The fourth-order valence-electron chi connectivity index (χ4n) is 2.40. The summed E-state index contributed by atoms with van der Waals surface area (Å²) in [6.07, 6.45) is 2.00. The van der Waals surface area contributed by atoms with Crippen molar-refractivity contribution in [2.24, 2.45) is 0 Å². The number of benzene rings is 1. The smallest absolute Gasteiger partial charge is 0.215 e. The highest BCUT2D eigenvalue weighted by molar-refractivity contribution is 5.51. The first kappa shape index (κ1) is 13.0. The van der Waals surface area contributed by atoms with Crippen LogP contribution in [-0.2, 0) is 12.0 Å². The molecule has 7 nitrogen and oxygen atoms in total. The predicted molar refractivity (Wildman–Crippen MR) is 69.6 cm³/mol. The lowest BCUT2D eigenvalue weighted by Gasteiger charge is -2.34. The SMILES string of the molecule is CCCc1ccc2c(c1)-n1nnnc1C(CO)(CO)O2. The first-order valence-electron chi connectivity index (χ1n) is 6.57. The van der Waals surface area contributed by atoms with E-state index in [9.17, 15) is 10.2 Å². The standard InChI is InChI=1S/C13H16N4O3/c1-2-3-9-4-5-11-10(6-9)17-12(14-15-16-17)13(7-18,8-19)20-11/h4-6,18-19H,2-3,7-8H2,1H3. The lowest BCUT2D eigenvalue weighted by molar-refractivity contribution is -0.0517. The number of hydrogen-bond acceptors (Lipinski definition) is 6. The summed E-state index contributed by atoms with van der Waals surface area (Å²) in [6, 6.07) is 5.76. The van der Waals surface area contributed by atoms with Crippen molar-refractivity contribution in [2.45, 2.75) is 25.4 Å². The van der Waals surface area contributed by atoms with Crippen LogP contribution in [0.25, 0.3) is 5.69 Å². The van der Waals surface area contributed by atoms with Crippen molar-refractivity contribution < 1.29 is 14.9 Å². The third-order valence-electron chi connectivity index (χ3n) is 3.48. The Morgan fingerprint density at radius 3 is 2.80 bits per heavy atom. The molecular weight excluding hydrogens is 260 g/mol. The maximum atomic E-state index is 9.58. The topological polar surface area (TPSA) is 93.3 Å². The minimum absolute atomic E-state index is 0.309. The summed E-state index contributed by atoms with van der Waals surface area (Å²) in [5.74, 6) is 0.858. The van der Waals surface area contributed by atoms with Gasteiger partial charge in [0.05, 0.1) is 13.2 Å². The van der Waals surface area contributed by atoms with E-state index in [1.165, 1.54) is 4.68 Å². The Bertz CT molecular complexity index is 622. The van der Waals surface area contributed by atoms with Crippen LogP contribution < -0.4 is 4.74 Å². The molecule has 7 heteroatoms. The molecule has 0 saturated carbocycles. The number of tetrazole rings is 1. The summed E-state index contributed by atoms with van der Waals surface area (Å²) in [5.41, 5.74) is 0.591. The number of aliphatic hydroxyl groups excluding tert-OH is 2.